The number of benzene rings is 2. The Morgan fingerprint density at radius 3 is 2.41 bits per heavy atom. The third-order valence-corrected chi connectivity index (χ3v) is 3.96. The zero-order valence-electron chi connectivity index (χ0n) is 12.4. The van der Waals surface area contributed by atoms with Crippen LogP contribution in [0.1, 0.15) is 12.0 Å². The number of halogens is 1. The van der Waals surface area contributed by atoms with Crippen LogP contribution in [0.15, 0.2) is 53.3 Å². The van der Waals surface area contributed by atoms with Crippen molar-refractivity contribution in [1.29, 1.82) is 0 Å². The number of alkyl halides is 1. The second kappa shape index (κ2) is 6.32. The molecule has 3 nitrogen and oxygen atoms in total. The van der Waals surface area contributed by atoms with Crippen LogP contribution in [0.4, 0.5) is 0 Å². The van der Waals surface area contributed by atoms with E-state index in [-0.39, 0.29) is 5.56 Å². The lowest BCUT2D eigenvalue weighted by molar-refractivity contribution is 0.578. The zero-order valence-corrected chi connectivity index (χ0v) is 13.2. The van der Waals surface area contributed by atoms with Crippen molar-refractivity contribution < 1.29 is 0 Å². The molecule has 0 unspecified atom stereocenters. The Morgan fingerprint density at radius 1 is 1.05 bits per heavy atom. The van der Waals surface area contributed by atoms with E-state index in [1.807, 2.05) is 36.4 Å². The van der Waals surface area contributed by atoms with Crippen LogP contribution in [-0.4, -0.2) is 15.7 Å². The molecule has 1 aromatic heterocycles. The molecular formula is C18H17ClN2O. The van der Waals surface area contributed by atoms with Crippen LogP contribution >= 0.6 is 11.6 Å². The lowest BCUT2D eigenvalue weighted by atomic mass is 10.0. The lowest BCUT2D eigenvalue weighted by Crippen LogP contribution is -2.24. The maximum Gasteiger partial charge on any atom is 0.274 e. The Morgan fingerprint density at radius 2 is 1.73 bits per heavy atom. The van der Waals surface area contributed by atoms with Gasteiger partial charge in [-0.05, 0) is 19.4 Å². The minimum atomic E-state index is -0.0587. The fraction of sp³-hybridized carbons (Fsp3) is 0.222. The normalized spacial score (nSPS) is 11.0. The van der Waals surface area contributed by atoms with E-state index in [1.165, 1.54) is 10.2 Å². The van der Waals surface area contributed by atoms with Crippen molar-refractivity contribution in [3.8, 4) is 11.3 Å². The highest BCUT2D eigenvalue weighted by Crippen LogP contribution is 2.24. The van der Waals surface area contributed by atoms with Crippen LogP contribution in [0, 0.1) is 6.92 Å². The molecule has 0 radical (unpaired) electrons. The van der Waals surface area contributed by atoms with E-state index in [1.54, 1.807) is 0 Å². The molecule has 0 aliphatic heterocycles. The number of fused-ring (bicyclic) bond motifs is 1. The van der Waals surface area contributed by atoms with Gasteiger partial charge >= 0.3 is 0 Å². The Kier molecular flexibility index (Phi) is 4.25. The molecule has 22 heavy (non-hydrogen) atoms. The maximum absolute atomic E-state index is 12.5. The van der Waals surface area contributed by atoms with Crippen LogP contribution in [0.25, 0.3) is 22.0 Å². The molecule has 4 heteroatoms. The maximum atomic E-state index is 12.5. The summed E-state index contributed by atoms with van der Waals surface area (Å²) in [5, 5.41) is 6.17. The molecule has 0 atom stereocenters. The minimum Gasteiger partial charge on any atom is -0.267 e. The molecule has 0 aliphatic carbocycles. The number of aromatic nitrogens is 2. The molecule has 0 amide bonds. The molecule has 3 rings (SSSR count). The van der Waals surface area contributed by atoms with Gasteiger partial charge in [0.1, 0.15) is 0 Å². The van der Waals surface area contributed by atoms with Crippen molar-refractivity contribution >= 4 is 22.4 Å². The molecule has 0 aliphatic rings. The van der Waals surface area contributed by atoms with Gasteiger partial charge in [-0.15, -0.1) is 11.6 Å². The van der Waals surface area contributed by atoms with Crippen molar-refractivity contribution in [3.63, 3.8) is 0 Å². The summed E-state index contributed by atoms with van der Waals surface area (Å²) in [7, 11) is 0. The topological polar surface area (TPSA) is 34.9 Å². The first kappa shape index (κ1) is 14.8. The van der Waals surface area contributed by atoms with Crippen molar-refractivity contribution in [1.82, 2.24) is 9.78 Å². The van der Waals surface area contributed by atoms with Gasteiger partial charge in [0.05, 0.1) is 11.1 Å². The molecule has 1 heterocycles. The third-order valence-electron chi connectivity index (χ3n) is 3.70. The van der Waals surface area contributed by atoms with Crippen LogP contribution < -0.4 is 5.56 Å². The van der Waals surface area contributed by atoms with Crippen molar-refractivity contribution in [2.75, 3.05) is 5.88 Å². The summed E-state index contributed by atoms with van der Waals surface area (Å²) < 4.78 is 1.53. The molecule has 0 bridgehead atoms. The summed E-state index contributed by atoms with van der Waals surface area (Å²) in [5.41, 5.74) is 2.99. The molecule has 3 aromatic rings. The number of rotatable bonds is 4. The highest BCUT2D eigenvalue weighted by atomic mass is 35.5. The predicted octanol–water partition coefficient (Wildman–Crippen LogP) is 4.00. The summed E-state index contributed by atoms with van der Waals surface area (Å²) >= 11 is 5.75. The molecule has 112 valence electrons. The molecule has 0 saturated carbocycles. The summed E-state index contributed by atoms with van der Waals surface area (Å²) in [6, 6.07) is 15.8. The molecule has 2 aromatic carbocycles. The summed E-state index contributed by atoms with van der Waals surface area (Å²) in [6.45, 7) is 2.59. The largest absolute Gasteiger partial charge is 0.274 e. The van der Waals surface area contributed by atoms with Crippen molar-refractivity contribution in [3.05, 3.63) is 64.4 Å². The van der Waals surface area contributed by atoms with Crippen LogP contribution in [0.3, 0.4) is 0 Å². The summed E-state index contributed by atoms with van der Waals surface area (Å²) in [6.07, 6.45) is 0.722. The monoisotopic (exact) mass is 312 g/mol. The Labute approximate surface area is 134 Å². The van der Waals surface area contributed by atoms with Gasteiger partial charge in [0.2, 0.25) is 0 Å². The van der Waals surface area contributed by atoms with Gasteiger partial charge in [-0.25, -0.2) is 4.68 Å². The number of aryl methyl sites for hydroxylation is 2. The first-order chi connectivity index (χ1) is 10.7. The van der Waals surface area contributed by atoms with Gasteiger partial charge in [-0.3, -0.25) is 4.79 Å². The van der Waals surface area contributed by atoms with E-state index in [0.29, 0.717) is 17.8 Å². The Hall–Kier alpha value is -2.13. The van der Waals surface area contributed by atoms with Crippen LogP contribution in [-0.2, 0) is 6.54 Å². The lowest BCUT2D eigenvalue weighted by Gasteiger charge is -2.11. The molecule has 0 N–H and O–H groups in total. The van der Waals surface area contributed by atoms with E-state index in [2.05, 4.69) is 24.2 Å². The highest BCUT2D eigenvalue weighted by molar-refractivity contribution is 6.17. The van der Waals surface area contributed by atoms with E-state index in [4.69, 9.17) is 11.6 Å². The average Bonchev–Trinajstić information content (AvgIpc) is 2.55. The fourth-order valence-corrected chi connectivity index (χ4v) is 2.64. The average molecular weight is 313 g/mol. The first-order valence-electron chi connectivity index (χ1n) is 7.33. The number of nitrogens with zero attached hydrogens (tertiary/aromatic N) is 2. The molecule has 0 fully saturated rings. The predicted molar refractivity (Wildman–Crippen MR) is 91.5 cm³/mol. The molecule has 0 spiro atoms. The third kappa shape index (κ3) is 2.77. The molecule has 0 saturated heterocycles. The second-order valence-corrected chi connectivity index (χ2v) is 5.71. The van der Waals surface area contributed by atoms with Gasteiger partial charge in [0.25, 0.3) is 5.56 Å². The van der Waals surface area contributed by atoms with Crippen LogP contribution in [0.5, 0.6) is 0 Å². The van der Waals surface area contributed by atoms with Crippen LogP contribution in [0.2, 0.25) is 0 Å². The van der Waals surface area contributed by atoms with Gasteiger partial charge in [0.15, 0.2) is 0 Å². The Balaban J connectivity index is 2.25. The van der Waals surface area contributed by atoms with E-state index < -0.39 is 0 Å². The fourth-order valence-electron chi connectivity index (χ4n) is 2.52. The highest BCUT2D eigenvalue weighted by Gasteiger charge is 2.11. The Bertz CT molecular complexity index is 853. The van der Waals surface area contributed by atoms with E-state index in [0.717, 1.165) is 23.1 Å². The van der Waals surface area contributed by atoms with Crippen molar-refractivity contribution in [2.45, 2.75) is 19.9 Å². The van der Waals surface area contributed by atoms with Gasteiger partial charge in [-0.2, -0.15) is 5.10 Å². The smallest absolute Gasteiger partial charge is 0.267 e. The van der Waals surface area contributed by atoms with Gasteiger partial charge < -0.3 is 0 Å². The quantitative estimate of drug-likeness (QED) is 0.682. The number of hydrogen-bond acceptors (Lipinski definition) is 2. The summed E-state index contributed by atoms with van der Waals surface area (Å²) in [5.74, 6) is 0.515. The van der Waals surface area contributed by atoms with Gasteiger partial charge in [-0.1, -0.05) is 48.0 Å². The zero-order chi connectivity index (χ0) is 15.5. The molecular weight excluding hydrogens is 296 g/mol. The van der Waals surface area contributed by atoms with E-state index >= 15 is 0 Å². The van der Waals surface area contributed by atoms with Gasteiger partial charge in [0, 0.05) is 23.4 Å². The second-order valence-electron chi connectivity index (χ2n) is 5.33. The first-order valence-corrected chi connectivity index (χ1v) is 7.87. The standard InChI is InChI=1S/C18H17ClN2O/c1-13-7-9-14(10-8-13)17-15-5-2-3-6-16(15)18(22)21(20-17)12-4-11-19/h2-3,5-10H,4,11-12H2,1H3. The summed E-state index contributed by atoms with van der Waals surface area (Å²) in [4.78, 5) is 12.5. The number of hydrogen-bond donors (Lipinski definition) is 0. The minimum absolute atomic E-state index is 0.0587. The van der Waals surface area contributed by atoms with Crippen molar-refractivity contribution in [2.24, 2.45) is 0 Å². The SMILES string of the molecule is Cc1ccc(-c2nn(CCCCl)c(=O)c3ccccc23)cc1. The van der Waals surface area contributed by atoms with E-state index in [9.17, 15) is 4.79 Å².